The first kappa shape index (κ1) is 22.1. The molecule has 1 aliphatic rings. The molecule has 1 saturated heterocycles. The van der Waals surface area contributed by atoms with Crippen molar-refractivity contribution in [3.8, 4) is 0 Å². The van der Waals surface area contributed by atoms with Gasteiger partial charge in [0.05, 0.1) is 0 Å². The molecule has 0 aromatic carbocycles. The van der Waals surface area contributed by atoms with Gasteiger partial charge in [-0.2, -0.15) is 0 Å². The third-order valence-corrected chi connectivity index (χ3v) is 3.32. The van der Waals surface area contributed by atoms with Gasteiger partial charge in [0.1, 0.15) is 24.4 Å². The average molecular weight is 377 g/mol. The van der Waals surface area contributed by atoms with E-state index in [1.54, 1.807) is 20.8 Å². The Hall–Kier alpha value is -1.91. The third kappa shape index (κ3) is 6.77. The SMILES string of the molecule is CO[C@H]1O[C@H](COC(C)=O)[C@@H](OC(C)=O)C[C@@]1(O)NC(=O)OC(C)(C)C. The molecular formula is C16H27NO9. The maximum absolute atomic E-state index is 12.0. The minimum atomic E-state index is -2.02. The number of carbonyl (C=O) groups excluding carboxylic acids is 3. The van der Waals surface area contributed by atoms with Crippen molar-refractivity contribution in [2.24, 2.45) is 0 Å². The normalized spacial score (nSPS) is 28.8. The molecule has 0 aromatic heterocycles. The van der Waals surface area contributed by atoms with Crippen LogP contribution in [0, 0.1) is 0 Å². The van der Waals surface area contributed by atoms with Gasteiger partial charge in [0.25, 0.3) is 0 Å². The number of hydrogen-bond donors (Lipinski definition) is 2. The molecule has 4 atom stereocenters. The van der Waals surface area contributed by atoms with Crippen LogP contribution in [0.4, 0.5) is 4.79 Å². The van der Waals surface area contributed by atoms with Gasteiger partial charge in [0.2, 0.25) is 6.29 Å². The predicted octanol–water partition coefficient (Wildman–Crippen LogP) is 0.456. The zero-order valence-corrected chi connectivity index (χ0v) is 15.9. The monoisotopic (exact) mass is 377 g/mol. The molecule has 10 nitrogen and oxygen atoms in total. The fourth-order valence-electron chi connectivity index (χ4n) is 2.41. The summed E-state index contributed by atoms with van der Waals surface area (Å²) in [4.78, 5) is 34.4. The van der Waals surface area contributed by atoms with Gasteiger partial charge in [-0.1, -0.05) is 0 Å². The quantitative estimate of drug-likeness (QED) is 0.398. The zero-order valence-electron chi connectivity index (χ0n) is 15.9. The summed E-state index contributed by atoms with van der Waals surface area (Å²) in [6.45, 7) is 7.19. The maximum Gasteiger partial charge on any atom is 0.410 e. The van der Waals surface area contributed by atoms with E-state index in [1.165, 1.54) is 21.0 Å². The van der Waals surface area contributed by atoms with Crippen LogP contribution in [-0.4, -0.2) is 66.7 Å². The number of alkyl carbamates (subject to hydrolysis) is 1. The molecule has 10 heteroatoms. The molecule has 26 heavy (non-hydrogen) atoms. The Morgan fingerprint density at radius 3 is 2.31 bits per heavy atom. The van der Waals surface area contributed by atoms with Crippen LogP contribution in [0.15, 0.2) is 0 Å². The van der Waals surface area contributed by atoms with Crippen molar-refractivity contribution in [2.75, 3.05) is 13.7 Å². The molecule has 0 aromatic rings. The number of aliphatic hydroxyl groups is 1. The molecule has 1 fully saturated rings. The molecule has 2 N–H and O–H groups in total. The van der Waals surface area contributed by atoms with Crippen LogP contribution in [0.3, 0.4) is 0 Å². The molecule has 150 valence electrons. The summed E-state index contributed by atoms with van der Waals surface area (Å²) >= 11 is 0. The van der Waals surface area contributed by atoms with Gasteiger partial charge in [-0.15, -0.1) is 0 Å². The number of ether oxygens (including phenoxy) is 5. The van der Waals surface area contributed by atoms with Crippen molar-refractivity contribution >= 4 is 18.0 Å². The Morgan fingerprint density at radius 2 is 1.85 bits per heavy atom. The van der Waals surface area contributed by atoms with Crippen molar-refractivity contribution in [3.63, 3.8) is 0 Å². The van der Waals surface area contributed by atoms with Gasteiger partial charge in [-0.25, -0.2) is 4.79 Å². The molecule has 0 saturated carbocycles. The van der Waals surface area contributed by atoms with Crippen molar-refractivity contribution in [2.45, 2.75) is 70.9 Å². The highest BCUT2D eigenvalue weighted by Crippen LogP contribution is 2.30. The molecular weight excluding hydrogens is 350 g/mol. The summed E-state index contributed by atoms with van der Waals surface area (Å²) in [6, 6.07) is 0. The molecule has 1 heterocycles. The van der Waals surface area contributed by atoms with Crippen LogP contribution in [0.1, 0.15) is 41.0 Å². The van der Waals surface area contributed by atoms with Gasteiger partial charge >= 0.3 is 18.0 Å². The van der Waals surface area contributed by atoms with Gasteiger partial charge in [-0.3, -0.25) is 14.9 Å². The number of carbonyl (C=O) groups is 3. The van der Waals surface area contributed by atoms with Crippen LogP contribution >= 0.6 is 0 Å². The van der Waals surface area contributed by atoms with Gasteiger partial charge in [-0.05, 0) is 20.8 Å². The Balaban J connectivity index is 2.95. The summed E-state index contributed by atoms with van der Waals surface area (Å²) in [6.07, 6.45) is -4.32. The first-order valence-electron chi connectivity index (χ1n) is 8.08. The lowest BCUT2D eigenvalue weighted by Crippen LogP contribution is -2.66. The number of amides is 1. The number of nitrogens with one attached hydrogen (secondary N) is 1. The molecule has 0 spiro atoms. The molecule has 0 aliphatic carbocycles. The first-order valence-corrected chi connectivity index (χ1v) is 8.08. The fourth-order valence-corrected chi connectivity index (χ4v) is 2.41. The largest absolute Gasteiger partial charge is 0.463 e. The number of esters is 2. The summed E-state index contributed by atoms with van der Waals surface area (Å²) < 4.78 is 25.8. The van der Waals surface area contributed by atoms with E-state index in [0.29, 0.717) is 0 Å². The summed E-state index contributed by atoms with van der Waals surface area (Å²) in [5, 5.41) is 13.1. The first-order chi connectivity index (χ1) is 11.9. The van der Waals surface area contributed by atoms with E-state index in [2.05, 4.69) is 5.32 Å². The summed E-state index contributed by atoms with van der Waals surface area (Å²) in [5.74, 6) is -1.17. The van der Waals surface area contributed by atoms with Crippen molar-refractivity contribution in [1.82, 2.24) is 5.32 Å². The Bertz CT molecular complexity index is 530. The highest BCUT2D eigenvalue weighted by molar-refractivity contribution is 5.69. The Morgan fingerprint density at radius 1 is 1.23 bits per heavy atom. The van der Waals surface area contributed by atoms with E-state index in [1.807, 2.05) is 0 Å². The Labute approximate surface area is 152 Å². The standard InChI is InChI=1S/C16H27NO9/c1-9(18)23-8-12-11(24-10(2)19)7-16(21,13(22-6)25-12)17-14(20)26-15(3,4)5/h11-13,21H,7-8H2,1-6H3,(H,17,20)/t11-,12+,13-,16-/m0/s1. The minimum Gasteiger partial charge on any atom is -0.463 e. The van der Waals surface area contributed by atoms with Crippen molar-refractivity contribution < 1.29 is 43.2 Å². The molecule has 1 rings (SSSR count). The number of methoxy groups -OCH3 is 1. The van der Waals surface area contributed by atoms with Crippen LogP contribution < -0.4 is 5.32 Å². The molecule has 0 unspecified atom stereocenters. The van der Waals surface area contributed by atoms with Gasteiger partial charge in [0, 0.05) is 27.4 Å². The van der Waals surface area contributed by atoms with E-state index in [4.69, 9.17) is 23.7 Å². The molecule has 0 radical (unpaired) electrons. The third-order valence-electron chi connectivity index (χ3n) is 3.32. The lowest BCUT2D eigenvalue weighted by molar-refractivity contribution is -0.309. The molecule has 0 bridgehead atoms. The minimum absolute atomic E-state index is 0.213. The van der Waals surface area contributed by atoms with E-state index >= 15 is 0 Å². The van der Waals surface area contributed by atoms with E-state index in [0.717, 1.165) is 0 Å². The van der Waals surface area contributed by atoms with E-state index < -0.39 is 47.9 Å². The predicted molar refractivity (Wildman–Crippen MR) is 86.8 cm³/mol. The van der Waals surface area contributed by atoms with Crippen molar-refractivity contribution in [1.29, 1.82) is 0 Å². The van der Waals surface area contributed by atoms with E-state index in [9.17, 15) is 19.5 Å². The maximum atomic E-state index is 12.0. The van der Waals surface area contributed by atoms with Crippen LogP contribution in [0.5, 0.6) is 0 Å². The topological polar surface area (TPSA) is 130 Å². The molecule has 1 amide bonds. The second-order valence-electron chi connectivity index (χ2n) is 6.95. The van der Waals surface area contributed by atoms with Crippen LogP contribution in [0.25, 0.3) is 0 Å². The summed E-state index contributed by atoms with van der Waals surface area (Å²) in [7, 11) is 1.27. The number of hydrogen-bond acceptors (Lipinski definition) is 9. The highest BCUT2D eigenvalue weighted by atomic mass is 16.7. The zero-order chi connectivity index (χ0) is 20.1. The van der Waals surface area contributed by atoms with Crippen LogP contribution in [0.2, 0.25) is 0 Å². The highest BCUT2D eigenvalue weighted by Gasteiger charge is 2.51. The van der Waals surface area contributed by atoms with Crippen molar-refractivity contribution in [3.05, 3.63) is 0 Å². The van der Waals surface area contributed by atoms with Crippen LogP contribution in [-0.2, 0) is 33.3 Å². The average Bonchev–Trinajstić information content (AvgIpc) is 2.42. The smallest absolute Gasteiger partial charge is 0.410 e. The fraction of sp³-hybridized carbons (Fsp3) is 0.812. The van der Waals surface area contributed by atoms with Gasteiger partial charge < -0.3 is 28.8 Å². The lowest BCUT2D eigenvalue weighted by Gasteiger charge is -2.45. The lowest BCUT2D eigenvalue weighted by atomic mass is 9.96. The van der Waals surface area contributed by atoms with Gasteiger partial charge in [0.15, 0.2) is 5.72 Å². The molecule has 1 aliphatic heterocycles. The Kier molecular flexibility index (Phi) is 7.36. The van der Waals surface area contributed by atoms with E-state index in [-0.39, 0.29) is 13.0 Å². The number of rotatable bonds is 5. The summed E-state index contributed by atoms with van der Waals surface area (Å²) in [5.41, 5.74) is -2.81. The second-order valence-corrected chi connectivity index (χ2v) is 6.95. The second kappa shape index (κ2) is 8.65.